The molecule has 4 nitrogen and oxygen atoms in total. The van der Waals surface area contributed by atoms with Gasteiger partial charge in [-0.1, -0.05) is 30.0 Å². The molecule has 2 aromatic rings. The van der Waals surface area contributed by atoms with Crippen molar-refractivity contribution in [1.82, 2.24) is 0 Å². The largest absolute Gasteiger partial charge is 0.395 e. The quantitative estimate of drug-likeness (QED) is 0.757. The summed E-state index contributed by atoms with van der Waals surface area (Å²) in [5, 5.41) is 14.1. The number of urea groups is 1. The Morgan fingerprint density at radius 1 is 0.952 bits per heavy atom. The molecule has 2 amide bonds. The Labute approximate surface area is 123 Å². The third kappa shape index (κ3) is 5.01. The van der Waals surface area contributed by atoms with Crippen molar-refractivity contribution in [2.75, 3.05) is 17.2 Å². The van der Waals surface area contributed by atoms with Crippen LogP contribution in [-0.4, -0.2) is 17.7 Å². The molecule has 0 heterocycles. The van der Waals surface area contributed by atoms with Crippen LogP contribution in [0.15, 0.2) is 54.6 Å². The molecular weight excluding hydrogens is 264 g/mol. The van der Waals surface area contributed by atoms with Gasteiger partial charge in [0.1, 0.15) is 0 Å². The molecule has 0 aliphatic heterocycles. The van der Waals surface area contributed by atoms with E-state index in [-0.39, 0.29) is 12.6 Å². The summed E-state index contributed by atoms with van der Waals surface area (Å²) in [6.07, 6.45) is 0.458. The van der Waals surface area contributed by atoms with Crippen LogP contribution in [0.3, 0.4) is 0 Å². The second kappa shape index (κ2) is 7.73. The van der Waals surface area contributed by atoms with Crippen molar-refractivity contribution in [3.63, 3.8) is 0 Å². The van der Waals surface area contributed by atoms with Crippen molar-refractivity contribution < 1.29 is 9.90 Å². The zero-order valence-corrected chi connectivity index (χ0v) is 11.5. The Hall–Kier alpha value is -2.77. The summed E-state index contributed by atoms with van der Waals surface area (Å²) in [5.74, 6) is 5.77. The van der Waals surface area contributed by atoms with E-state index in [0.717, 1.165) is 11.3 Å². The lowest BCUT2D eigenvalue weighted by atomic mass is 10.2. The molecule has 0 unspecified atom stereocenters. The van der Waals surface area contributed by atoms with Crippen LogP contribution in [0, 0.1) is 11.8 Å². The molecule has 3 N–H and O–H groups in total. The van der Waals surface area contributed by atoms with Gasteiger partial charge in [0.15, 0.2) is 0 Å². The van der Waals surface area contributed by atoms with Gasteiger partial charge < -0.3 is 15.7 Å². The van der Waals surface area contributed by atoms with Gasteiger partial charge in [0, 0.05) is 23.4 Å². The van der Waals surface area contributed by atoms with E-state index >= 15 is 0 Å². The fourth-order valence-electron chi connectivity index (χ4n) is 1.67. The van der Waals surface area contributed by atoms with Gasteiger partial charge in [-0.15, -0.1) is 0 Å². The molecule has 0 radical (unpaired) electrons. The summed E-state index contributed by atoms with van der Waals surface area (Å²) in [6, 6.07) is 16.2. The number of hydrogen-bond acceptors (Lipinski definition) is 2. The maximum Gasteiger partial charge on any atom is 0.323 e. The number of aliphatic hydroxyl groups excluding tert-OH is 1. The van der Waals surface area contributed by atoms with Crippen LogP contribution in [0.5, 0.6) is 0 Å². The highest BCUT2D eigenvalue weighted by molar-refractivity contribution is 5.99. The highest BCUT2D eigenvalue weighted by Crippen LogP contribution is 2.10. The average molecular weight is 280 g/mol. The Kier molecular flexibility index (Phi) is 5.39. The monoisotopic (exact) mass is 280 g/mol. The number of para-hydroxylation sites is 1. The second-order valence-corrected chi connectivity index (χ2v) is 4.30. The van der Waals surface area contributed by atoms with Gasteiger partial charge in [-0.2, -0.15) is 0 Å². The van der Waals surface area contributed by atoms with Crippen molar-refractivity contribution in [1.29, 1.82) is 0 Å². The van der Waals surface area contributed by atoms with Gasteiger partial charge in [0.2, 0.25) is 0 Å². The smallest absolute Gasteiger partial charge is 0.323 e. The van der Waals surface area contributed by atoms with Crippen LogP contribution in [0.2, 0.25) is 0 Å². The van der Waals surface area contributed by atoms with Crippen molar-refractivity contribution in [3.8, 4) is 11.8 Å². The third-order valence-electron chi connectivity index (χ3n) is 2.64. The molecule has 106 valence electrons. The summed E-state index contributed by atoms with van der Waals surface area (Å²) in [5.41, 5.74) is 2.27. The van der Waals surface area contributed by atoms with E-state index in [9.17, 15) is 4.79 Å². The minimum atomic E-state index is -0.291. The number of benzene rings is 2. The molecule has 21 heavy (non-hydrogen) atoms. The highest BCUT2D eigenvalue weighted by Gasteiger charge is 2.01. The SMILES string of the molecule is O=C(Nc1ccccc1)Nc1ccc(C#CCCO)cc1. The van der Waals surface area contributed by atoms with E-state index in [2.05, 4.69) is 22.5 Å². The normalized spacial score (nSPS) is 9.38. The molecule has 2 rings (SSSR count). The first-order valence-corrected chi connectivity index (χ1v) is 6.61. The van der Waals surface area contributed by atoms with E-state index in [4.69, 9.17) is 5.11 Å². The minimum absolute atomic E-state index is 0.0618. The summed E-state index contributed by atoms with van der Waals surface area (Å²) in [6.45, 7) is 0.0618. The molecule has 0 bridgehead atoms. The van der Waals surface area contributed by atoms with E-state index in [1.807, 2.05) is 42.5 Å². The number of carbonyl (C=O) groups is 1. The highest BCUT2D eigenvalue weighted by atomic mass is 16.2. The van der Waals surface area contributed by atoms with E-state index in [1.165, 1.54) is 0 Å². The van der Waals surface area contributed by atoms with Crippen molar-refractivity contribution >= 4 is 17.4 Å². The average Bonchev–Trinajstić information content (AvgIpc) is 2.50. The van der Waals surface area contributed by atoms with Crippen molar-refractivity contribution in [2.45, 2.75) is 6.42 Å². The molecule has 0 atom stereocenters. The van der Waals surface area contributed by atoms with E-state index < -0.39 is 0 Å². The second-order valence-electron chi connectivity index (χ2n) is 4.30. The minimum Gasteiger partial charge on any atom is -0.395 e. The fraction of sp³-hybridized carbons (Fsp3) is 0.118. The van der Waals surface area contributed by atoms with Crippen LogP contribution in [0.4, 0.5) is 16.2 Å². The third-order valence-corrected chi connectivity index (χ3v) is 2.64. The van der Waals surface area contributed by atoms with Crippen LogP contribution in [0.25, 0.3) is 0 Å². The first kappa shape index (κ1) is 14.6. The molecule has 2 aromatic carbocycles. The Morgan fingerprint density at radius 3 is 2.19 bits per heavy atom. The number of nitrogens with one attached hydrogen (secondary N) is 2. The number of aliphatic hydroxyl groups is 1. The summed E-state index contributed by atoms with van der Waals surface area (Å²) >= 11 is 0. The van der Waals surface area contributed by atoms with E-state index in [0.29, 0.717) is 12.1 Å². The van der Waals surface area contributed by atoms with Gasteiger partial charge in [-0.25, -0.2) is 4.79 Å². The molecule has 0 saturated heterocycles. The van der Waals surface area contributed by atoms with Crippen molar-refractivity contribution in [3.05, 3.63) is 60.2 Å². The van der Waals surface area contributed by atoms with Crippen LogP contribution in [0.1, 0.15) is 12.0 Å². The van der Waals surface area contributed by atoms with Crippen LogP contribution < -0.4 is 10.6 Å². The van der Waals surface area contributed by atoms with Crippen LogP contribution in [-0.2, 0) is 0 Å². The first-order chi connectivity index (χ1) is 10.3. The van der Waals surface area contributed by atoms with Gasteiger partial charge in [0.05, 0.1) is 6.61 Å². The standard InChI is InChI=1S/C17H16N2O2/c20-13-5-4-6-14-9-11-16(12-10-14)19-17(21)18-15-7-2-1-3-8-15/h1-3,7-12,20H,5,13H2,(H2,18,19,21). The Bertz CT molecular complexity index is 640. The van der Waals surface area contributed by atoms with E-state index in [1.54, 1.807) is 12.1 Å². The zero-order chi connectivity index (χ0) is 14.9. The van der Waals surface area contributed by atoms with Gasteiger partial charge in [0.25, 0.3) is 0 Å². The summed E-state index contributed by atoms with van der Waals surface area (Å²) in [4.78, 5) is 11.8. The summed E-state index contributed by atoms with van der Waals surface area (Å²) in [7, 11) is 0. The number of rotatable bonds is 3. The Morgan fingerprint density at radius 2 is 1.57 bits per heavy atom. The molecule has 4 heteroatoms. The lowest BCUT2D eigenvalue weighted by Gasteiger charge is -2.07. The first-order valence-electron chi connectivity index (χ1n) is 6.61. The molecular formula is C17H16N2O2. The predicted molar refractivity (Wildman–Crippen MR) is 84.1 cm³/mol. The molecule has 0 aliphatic rings. The predicted octanol–water partition coefficient (Wildman–Crippen LogP) is 3.06. The lowest BCUT2D eigenvalue weighted by Crippen LogP contribution is -2.19. The molecule has 0 aliphatic carbocycles. The lowest BCUT2D eigenvalue weighted by molar-refractivity contribution is 0.262. The number of hydrogen-bond donors (Lipinski definition) is 3. The number of carbonyl (C=O) groups excluding carboxylic acids is 1. The summed E-state index contributed by atoms with van der Waals surface area (Å²) < 4.78 is 0. The van der Waals surface area contributed by atoms with Gasteiger partial charge in [-0.05, 0) is 36.4 Å². The molecule has 0 spiro atoms. The molecule has 0 aromatic heterocycles. The number of amides is 2. The fourth-order valence-corrected chi connectivity index (χ4v) is 1.67. The topological polar surface area (TPSA) is 61.4 Å². The van der Waals surface area contributed by atoms with Gasteiger partial charge in [-0.3, -0.25) is 0 Å². The molecule has 0 saturated carbocycles. The maximum absolute atomic E-state index is 11.8. The molecule has 0 fully saturated rings. The zero-order valence-electron chi connectivity index (χ0n) is 11.5. The Balaban J connectivity index is 1.91. The number of anilines is 2. The van der Waals surface area contributed by atoms with Crippen LogP contribution >= 0.6 is 0 Å². The maximum atomic E-state index is 11.8. The van der Waals surface area contributed by atoms with Gasteiger partial charge >= 0.3 is 6.03 Å². The van der Waals surface area contributed by atoms with Crippen molar-refractivity contribution in [2.24, 2.45) is 0 Å².